The van der Waals surface area contributed by atoms with Crippen molar-refractivity contribution in [1.82, 2.24) is 15.0 Å². The van der Waals surface area contributed by atoms with E-state index >= 15 is 0 Å². The van der Waals surface area contributed by atoms with E-state index < -0.39 is 22.2 Å². The topological polar surface area (TPSA) is 125 Å². The molecule has 0 aliphatic heterocycles. The number of nitrogens with one attached hydrogen (secondary N) is 3. The van der Waals surface area contributed by atoms with Crippen LogP contribution in [0.5, 0.6) is 5.75 Å². The molecule has 3 N–H and O–H groups in total. The first-order chi connectivity index (χ1) is 15.0. The molecule has 0 spiro atoms. The Kier molecular flexibility index (Phi) is 3.38. The second-order valence-corrected chi connectivity index (χ2v) is 7.39. The zero-order chi connectivity index (χ0) is 21.3. The molecule has 3 aromatic carbocycles. The number of rotatable bonds is 3. The number of ether oxygens (including phenoxy) is 1. The molecule has 0 unspecified atom stereocenters. The van der Waals surface area contributed by atoms with Gasteiger partial charge < -0.3 is 9.72 Å². The van der Waals surface area contributed by atoms with Crippen LogP contribution in [0.4, 0.5) is 0 Å². The Bertz CT molecular complexity index is 1870. The lowest BCUT2D eigenvalue weighted by Crippen LogP contribution is -2.08. The quantitative estimate of drug-likeness (QED) is 0.412. The summed E-state index contributed by atoms with van der Waals surface area (Å²) in [6.07, 6.45) is 0. The number of benzene rings is 3. The number of fused-ring (bicyclic) bond motifs is 8. The fourth-order valence-corrected chi connectivity index (χ4v) is 4.36. The molecule has 3 heterocycles. The minimum absolute atomic E-state index is 0.0626. The average Bonchev–Trinajstić information content (AvgIpc) is 3.38. The molecule has 3 aromatic heterocycles. The monoisotopic (exact) mass is 411 g/mol. The molecular formula is C23H13N3O5. The van der Waals surface area contributed by atoms with Gasteiger partial charge in [-0.05, 0) is 11.6 Å². The lowest BCUT2D eigenvalue weighted by atomic mass is 10.0. The Morgan fingerprint density at radius 3 is 1.90 bits per heavy atom. The Morgan fingerprint density at radius 1 is 0.581 bits per heavy atom. The lowest BCUT2D eigenvalue weighted by molar-refractivity contribution is 0.309. The highest BCUT2D eigenvalue weighted by molar-refractivity contribution is 6.31. The highest BCUT2D eigenvalue weighted by atomic mass is 16.5. The predicted octanol–water partition coefficient (Wildman–Crippen LogP) is 2.18. The number of aromatic nitrogens is 3. The van der Waals surface area contributed by atoms with Gasteiger partial charge in [-0.2, -0.15) is 0 Å². The van der Waals surface area contributed by atoms with E-state index in [0.29, 0.717) is 34.2 Å². The number of para-hydroxylation sites is 1. The van der Waals surface area contributed by atoms with E-state index in [2.05, 4.69) is 15.0 Å². The van der Waals surface area contributed by atoms with Crippen LogP contribution in [0.15, 0.2) is 67.7 Å². The molecule has 31 heavy (non-hydrogen) atoms. The summed E-state index contributed by atoms with van der Waals surface area (Å²) in [5.41, 5.74) is -0.714. The summed E-state index contributed by atoms with van der Waals surface area (Å²) in [6, 6.07) is 15.0. The first-order valence-electron chi connectivity index (χ1n) is 9.57. The fraction of sp³-hybridized carbons (Fsp3) is 0.0435. The summed E-state index contributed by atoms with van der Waals surface area (Å²) >= 11 is 0. The second-order valence-electron chi connectivity index (χ2n) is 7.39. The van der Waals surface area contributed by atoms with Crippen LogP contribution in [0.1, 0.15) is 5.56 Å². The highest BCUT2D eigenvalue weighted by Gasteiger charge is 2.24. The van der Waals surface area contributed by atoms with Crippen molar-refractivity contribution in [2.24, 2.45) is 0 Å². The van der Waals surface area contributed by atoms with Crippen molar-refractivity contribution in [2.75, 3.05) is 0 Å². The number of hydrogen-bond donors (Lipinski definition) is 3. The van der Waals surface area contributed by atoms with Crippen LogP contribution < -0.4 is 27.0 Å². The molecule has 0 bridgehead atoms. The van der Waals surface area contributed by atoms with Gasteiger partial charge in [0.25, 0.3) is 22.2 Å². The third-order valence-electron chi connectivity index (χ3n) is 5.65. The largest absolute Gasteiger partial charge is 0.487 e. The lowest BCUT2D eigenvalue weighted by Gasteiger charge is -2.07. The smallest absolute Gasteiger partial charge is 0.261 e. The summed E-state index contributed by atoms with van der Waals surface area (Å²) < 4.78 is 6.00. The van der Waals surface area contributed by atoms with Gasteiger partial charge in [0.1, 0.15) is 12.4 Å². The number of aromatic amines is 3. The van der Waals surface area contributed by atoms with E-state index in [0.717, 1.165) is 5.56 Å². The summed E-state index contributed by atoms with van der Waals surface area (Å²) in [7, 11) is 0. The third-order valence-corrected chi connectivity index (χ3v) is 5.65. The van der Waals surface area contributed by atoms with E-state index in [1.165, 1.54) is 0 Å². The highest BCUT2D eigenvalue weighted by Crippen LogP contribution is 2.37. The van der Waals surface area contributed by atoms with Crippen LogP contribution in [0.3, 0.4) is 0 Å². The summed E-state index contributed by atoms with van der Waals surface area (Å²) in [5.74, 6) is 0.523. The fourth-order valence-electron chi connectivity index (χ4n) is 4.36. The third kappa shape index (κ3) is 2.29. The van der Waals surface area contributed by atoms with Crippen molar-refractivity contribution in [3.05, 3.63) is 95.5 Å². The van der Waals surface area contributed by atoms with Crippen molar-refractivity contribution in [3.8, 4) is 5.75 Å². The Labute approximate surface area is 171 Å². The first kappa shape index (κ1) is 17.4. The predicted molar refractivity (Wildman–Crippen MR) is 118 cm³/mol. The minimum atomic E-state index is -0.692. The van der Waals surface area contributed by atoms with Crippen LogP contribution in [0.25, 0.3) is 43.4 Å². The van der Waals surface area contributed by atoms with E-state index in [9.17, 15) is 19.2 Å². The van der Waals surface area contributed by atoms with Gasteiger partial charge >= 0.3 is 0 Å². The van der Waals surface area contributed by atoms with Crippen LogP contribution in [-0.2, 0) is 6.61 Å². The molecule has 0 aliphatic rings. The molecule has 0 fully saturated rings. The van der Waals surface area contributed by atoms with Crippen LogP contribution in [-0.4, -0.2) is 15.0 Å². The van der Waals surface area contributed by atoms with E-state index in [4.69, 9.17) is 4.74 Å². The van der Waals surface area contributed by atoms with E-state index in [1.807, 2.05) is 30.3 Å². The van der Waals surface area contributed by atoms with E-state index in [1.54, 1.807) is 18.2 Å². The van der Waals surface area contributed by atoms with Gasteiger partial charge in [-0.15, -0.1) is 0 Å². The van der Waals surface area contributed by atoms with Gasteiger partial charge in [-0.25, -0.2) is 0 Å². The molecule has 8 heteroatoms. The average molecular weight is 411 g/mol. The summed E-state index contributed by atoms with van der Waals surface area (Å²) in [6.45, 7) is 0.323. The van der Waals surface area contributed by atoms with Crippen molar-refractivity contribution >= 4 is 43.4 Å². The number of H-pyrrole nitrogens is 3. The molecule has 0 amide bonds. The van der Waals surface area contributed by atoms with Gasteiger partial charge in [0.05, 0.1) is 32.6 Å². The normalized spacial score (nSPS) is 11.9. The zero-order valence-corrected chi connectivity index (χ0v) is 15.9. The molecule has 6 rings (SSSR count). The molecule has 0 aliphatic carbocycles. The maximum absolute atomic E-state index is 12.6. The van der Waals surface area contributed by atoms with E-state index in [-0.39, 0.29) is 21.5 Å². The number of hydrogen-bond acceptors (Lipinski definition) is 5. The molecule has 0 atom stereocenters. The molecule has 0 saturated heterocycles. The van der Waals surface area contributed by atoms with Crippen molar-refractivity contribution in [3.63, 3.8) is 0 Å². The maximum atomic E-state index is 12.6. The SMILES string of the molecule is O=c1[nH]c(=O)c2c1c1[nH]c3c(OCc4ccccc4)cccc3c1c1c(=O)[nH]c(=O)c21. The van der Waals surface area contributed by atoms with Gasteiger partial charge in [0.2, 0.25) is 0 Å². The molecule has 6 aromatic rings. The molecular weight excluding hydrogens is 398 g/mol. The van der Waals surface area contributed by atoms with Crippen LogP contribution in [0, 0.1) is 0 Å². The van der Waals surface area contributed by atoms with Gasteiger partial charge in [0, 0.05) is 10.8 Å². The molecule has 0 radical (unpaired) electrons. The Hall–Kier alpha value is -4.46. The van der Waals surface area contributed by atoms with Gasteiger partial charge in [0.15, 0.2) is 0 Å². The zero-order valence-electron chi connectivity index (χ0n) is 15.9. The van der Waals surface area contributed by atoms with Gasteiger partial charge in [-0.3, -0.25) is 29.1 Å². The first-order valence-corrected chi connectivity index (χ1v) is 9.57. The van der Waals surface area contributed by atoms with Gasteiger partial charge in [-0.1, -0.05) is 42.5 Å². The summed E-state index contributed by atoms with van der Waals surface area (Å²) in [5, 5.41) is 1.06. The molecule has 8 nitrogen and oxygen atoms in total. The Balaban J connectivity index is 1.74. The summed E-state index contributed by atoms with van der Waals surface area (Å²) in [4.78, 5) is 57.7. The van der Waals surface area contributed by atoms with Crippen molar-refractivity contribution < 1.29 is 4.74 Å². The standard InChI is InChI=1S/C23H13N3O5/c27-20-14-13-11-7-4-8-12(31-9-10-5-2-1-3-6-10)18(11)24-19(13)17-16(15(14)21(28)25-20)22(29)26-23(17)30/h1-8,24H,9H2,(H,25,27,28)(H,26,29,30). The second kappa shape index (κ2) is 6.02. The van der Waals surface area contributed by atoms with Crippen LogP contribution in [0.2, 0.25) is 0 Å². The van der Waals surface area contributed by atoms with Crippen molar-refractivity contribution in [1.29, 1.82) is 0 Å². The molecule has 150 valence electrons. The molecule has 0 saturated carbocycles. The maximum Gasteiger partial charge on any atom is 0.261 e. The van der Waals surface area contributed by atoms with Crippen molar-refractivity contribution in [2.45, 2.75) is 6.61 Å². The van der Waals surface area contributed by atoms with Crippen LogP contribution >= 0.6 is 0 Å². The minimum Gasteiger partial charge on any atom is -0.487 e. The Morgan fingerprint density at radius 2 is 1.19 bits per heavy atom.